The Bertz CT molecular complexity index is 289. The zero-order chi connectivity index (χ0) is 13.4. The third-order valence-electron chi connectivity index (χ3n) is 2.88. The lowest BCUT2D eigenvalue weighted by atomic mass is 9.86. The summed E-state index contributed by atoms with van der Waals surface area (Å²) in [6.45, 7) is 0.208. The molecule has 6 N–H and O–H groups in total. The molecule has 1 rings (SSSR count). The van der Waals surface area contributed by atoms with Gasteiger partial charge in [-0.3, -0.25) is 0 Å². The second-order valence-electron chi connectivity index (χ2n) is 4.20. The topological polar surface area (TPSA) is 148 Å². The van der Waals surface area contributed by atoms with Crippen LogP contribution in [0.2, 0.25) is 0 Å². The van der Waals surface area contributed by atoms with Crippen molar-refractivity contribution in [2.24, 2.45) is 0 Å². The van der Waals surface area contributed by atoms with Crippen molar-refractivity contribution in [3.63, 3.8) is 0 Å². The van der Waals surface area contributed by atoms with Crippen molar-refractivity contribution in [2.75, 3.05) is 6.61 Å². The van der Waals surface area contributed by atoms with Gasteiger partial charge in [0.05, 0.1) is 6.61 Å². The highest BCUT2D eigenvalue weighted by atomic mass is 16.6. The van der Waals surface area contributed by atoms with E-state index in [1.807, 2.05) is 0 Å². The van der Waals surface area contributed by atoms with Crippen molar-refractivity contribution >= 4 is 5.97 Å². The van der Waals surface area contributed by atoms with Gasteiger partial charge in [-0.2, -0.15) is 0 Å². The molecular weight excluding hydrogens is 236 g/mol. The minimum absolute atomic E-state index is 0.683. The van der Waals surface area contributed by atoms with Gasteiger partial charge in [0.1, 0.15) is 30.5 Å². The second-order valence-corrected chi connectivity index (χ2v) is 4.20. The highest BCUT2D eigenvalue weighted by Gasteiger charge is 2.53. The normalized spacial score (nSPS) is 41.9. The summed E-state index contributed by atoms with van der Waals surface area (Å²) in [5.41, 5.74) is -2.45. The van der Waals surface area contributed by atoms with Crippen LogP contribution in [-0.2, 0) is 9.53 Å². The van der Waals surface area contributed by atoms with Crippen LogP contribution in [0.25, 0.3) is 0 Å². The first-order valence-electron chi connectivity index (χ1n) is 4.99. The predicted molar refractivity (Wildman–Crippen MR) is 52.0 cm³/mol. The highest BCUT2D eigenvalue weighted by Crippen LogP contribution is 2.28. The molecule has 0 saturated carbocycles. The molecule has 0 radical (unpaired) electrons. The molecule has 0 aromatic heterocycles. The van der Waals surface area contributed by atoms with E-state index in [1.54, 1.807) is 0 Å². The van der Waals surface area contributed by atoms with E-state index in [0.717, 1.165) is 6.92 Å². The summed E-state index contributed by atoms with van der Waals surface area (Å²) in [7, 11) is 0. The van der Waals surface area contributed by atoms with Crippen LogP contribution >= 0.6 is 0 Å². The molecule has 0 aromatic carbocycles. The smallest absolute Gasteiger partial charge is 0.338 e. The Balaban J connectivity index is 2.97. The predicted octanol–water partition coefficient (Wildman–Crippen LogP) is -3.34. The van der Waals surface area contributed by atoms with Gasteiger partial charge in [0, 0.05) is 0 Å². The summed E-state index contributed by atoms with van der Waals surface area (Å²) < 4.78 is 4.92. The van der Waals surface area contributed by atoms with Crippen molar-refractivity contribution in [1.29, 1.82) is 0 Å². The van der Waals surface area contributed by atoms with E-state index in [4.69, 9.17) is 14.9 Å². The fourth-order valence-corrected chi connectivity index (χ4v) is 1.69. The molecule has 17 heavy (non-hydrogen) atoms. The first kappa shape index (κ1) is 14.3. The van der Waals surface area contributed by atoms with Gasteiger partial charge in [-0.25, -0.2) is 4.79 Å². The van der Waals surface area contributed by atoms with Crippen LogP contribution in [0, 0.1) is 0 Å². The number of hydrogen-bond acceptors (Lipinski definition) is 7. The molecule has 8 heteroatoms. The molecule has 8 nitrogen and oxygen atoms in total. The first-order chi connectivity index (χ1) is 7.73. The van der Waals surface area contributed by atoms with Gasteiger partial charge in [0.15, 0.2) is 5.60 Å². The van der Waals surface area contributed by atoms with E-state index >= 15 is 0 Å². The average molecular weight is 252 g/mol. The fourth-order valence-electron chi connectivity index (χ4n) is 1.69. The van der Waals surface area contributed by atoms with Gasteiger partial charge in [-0.1, -0.05) is 0 Å². The largest absolute Gasteiger partial charge is 0.479 e. The zero-order valence-corrected chi connectivity index (χ0v) is 9.09. The maximum absolute atomic E-state index is 10.8. The van der Waals surface area contributed by atoms with Gasteiger partial charge in [-0.05, 0) is 6.92 Å². The molecule has 0 aromatic rings. The van der Waals surface area contributed by atoms with Crippen molar-refractivity contribution < 1.29 is 40.2 Å². The summed E-state index contributed by atoms with van der Waals surface area (Å²) in [5, 5.41) is 55.7. The van der Waals surface area contributed by atoms with E-state index in [1.165, 1.54) is 0 Å². The third kappa shape index (κ3) is 2.41. The lowest BCUT2D eigenvalue weighted by Gasteiger charge is -2.43. The monoisotopic (exact) mass is 252 g/mol. The number of hydrogen-bond donors (Lipinski definition) is 6. The van der Waals surface area contributed by atoms with Gasteiger partial charge in [0.25, 0.3) is 0 Å². The number of carboxylic acid groups (broad SMARTS) is 1. The SMILES string of the molecule is CC(O)(C(=O)O)C1O[C@H](CO)[C@@H](O)[C@H](O)[C@@H]1O. The second kappa shape index (κ2) is 4.84. The number of carboxylic acids is 1. The molecule has 2 unspecified atom stereocenters. The summed E-state index contributed by atoms with van der Waals surface area (Å²) in [6.07, 6.45) is -7.98. The van der Waals surface area contributed by atoms with Gasteiger partial charge < -0.3 is 35.4 Å². The molecular formula is C9H16O8. The van der Waals surface area contributed by atoms with Crippen LogP contribution in [0.3, 0.4) is 0 Å². The average Bonchev–Trinajstić information content (AvgIpc) is 2.26. The van der Waals surface area contributed by atoms with Crippen LogP contribution in [0.15, 0.2) is 0 Å². The lowest BCUT2D eigenvalue weighted by molar-refractivity contribution is -0.266. The molecule has 0 spiro atoms. The highest BCUT2D eigenvalue weighted by molar-refractivity contribution is 5.77. The molecule has 1 fully saturated rings. The molecule has 1 aliphatic rings. The lowest BCUT2D eigenvalue weighted by Crippen LogP contribution is -2.66. The van der Waals surface area contributed by atoms with Crippen LogP contribution in [0.1, 0.15) is 6.92 Å². The molecule has 1 saturated heterocycles. The molecule has 1 heterocycles. The van der Waals surface area contributed by atoms with Crippen molar-refractivity contribution in [3.05, 3.63) is 0 Å². The number of carbonyl (C=O) groups is 1. The maximum Gasteiger partial charge on any atom is 0.338 e. The quantitative estimate of drug-likeness (QED) is 0.305. The van der Waals surface area contributed by atoms with Crippen LogP contribution < -0.4 is 0 Å². The fraction of sp³-hybridized carbons (Fsp3) is 0.889. The Morgan fingerprint density at radius 1 is 1.24 bits per heavy atom. The molecule has 6 atom stereocenters. The van der Waals surface area contributed by atoms with Crippen molar-refractivity contribution in [1.82, 2.24) is 0 Å². The number of aliphatic hydroxyl groups excluding tert-OH is 4. The summed E-state index contributed by atoms with van der Waals surface area (Å²) in [4.78, 5) is 10.8. The molecule has 0 bridgehead atoms. The minimum atomic E-state index is -2.45. The van der Waals surface area contributed by atoms with Gasteiger partial charge in [0.2, 0.25) is 0 Å². The van der Waals surface area contributed by atoms with Gasteiger partial charge >= 0.3 is 5.97 Å². The number of rotatable bonds is 3. The van der Waals surface area contributed by atoms with E-state index in [-0.39, 0.29) is 0 Å². The Hall–Kier alpha value is -0.770. The van der Waals surface area contributed by atoms with E-state index in [2.05, 4.69) is 0 Å². The first-order valence-corrected chi connectivity index (χ1v) is 4.99. The third-order valence-corrected chi connectivity index (χ3v) is 2.88. The summed E-state index contributed by atoms with van der Waals surface area (Å²) >= 11 is 0. The van der Waals surface area contributed by atoms with Gasteiger partial charge in [-0.15, -0.1) is 0 Å². The zero-order valence-electron chi connectivity index (χ0n) is 9.09. The standard InChI is InChI=1S/C9H16O8/c1-9(16,8(14)15)7-6(13)5(12)4(11)3(2-10)17-7/h3-7,10-13,16H,2H2,1H3,(H,14,15)/t3-,4-,5+,6+,7?,9?/m1/s1. The molecule has 1 aliphatic heterocycles. The number of aliphatic carboxylic acids is 1. The van der Waals surface area contributed by atoms with Crippen molar-refractivity contribution in [2.45, 2.75) is 43.0 Å². The maximum atomic E-state index is 10.8. The van der Waals surface area contributed by atoms with Crippen LogP contribution in [0.5, 0.6) is 0 Å². The molecule has 100 valence electrons. The summed E-state index contributed by atoms with van der Waals surface area (Å²) in [6, 6.07) is 0. The Kier molecular flexibility index (Phi) is 4.07. The van der Waals surface area contributed by atoms with E-state index in [9.17, 15) is 25.2 Å². The summed E-state index contributed by atoms with van der Waals surface area (Å²) in [5.74, 6) is -1.65. The van der Waals surface area contributed by atoms with Crippen molar-refractivity contribution in [3.8, 4) is 0 Å². The Morgan fingerprint density at radius 3 is 2.18 bits per heavy atom. The van der Waals surface area contributed by atoms with Crippen LogP contribution in [0.4, 0.5) is 0 Å². The Morgan fingerprint density at radius 2 is 1.76 bits per heavy atom. The van der Waals surface area contributed by atoms with Crippen LogP contribution in [-0.4, -0.2) is 79.3 Å². The number of aliphatic hydroxyl groups is 5. The Labute approximate surface area is 96.7 Å². The minimum Gasteiger partial charge on any atom is -0.479 e. The van der Waals surface area contributed by atoms with E-state index in [0.29, 0.717) is 0 Å². The molecule has 0 aliphatic carbocycles. The molecule has 0 amide bonds. The van der Waals surface area contributed by atoms with E-state index < -0.39 is 48.7 Å². The number of ether oxygens (including phenoxy) is 1.